The Morgan fingerprint density at radius 3 is 2.85 bits per heavy atom. The standard InChI is InChI=1S/C24H27N5O2S2/c1-14-26-27-20-13-25-22(16-5-3-4-6-18(16)32-2)21-17-11-15(12-19(17)33-24(21)29(14)20)23(30)28-7-9-31-10-8-28/h3-6,15,22,25H,7-13H2,1-2H3/t15-,22-/m0/s1. The van der Waals surface area contributed by atoms with Crippen LogP contribution in [0.3, 0.4) is 0 Å². The number of aryl methyl sites for hydroxylation is 1. The van der Waals surface area contributed by atoms with Crippen LogP contribution in [0.15, 0.2) is 29.2 Å². The summed E-state index contributed by atoms with van der Waals surface area (Å²) in [5.74, 6) is 2.15. The lowest BCUT2D eigenvalue weighted by Crippen LogP contribution is -2.44. The van der Waals surface area contributed by atoms with Crippen LogP contribution in [0.4, 0.5) is 0 Å². The van der Waals surface area contributed by atoms with Crippen molar-refractivity contribution < 1.29 is 9.53 Å². The molecule has 0 unspecified atom stereocenters. The number of morpholine rings is 1. The number of thiophene rings is 1. The fourth-order valence-corrected chi connectivity index (χ4v) is 7.53. The number of fused-ring (bicyclic) bond motifs is 5. The van der Waals surface area contributed by atoms with Crippen LogP contribution in [0.5, 0.6) is 0 Å². The molecule has 0 bridgehead atoms. The molecule has 0 saturated carbocycles. The van der Waals surface area contributed by atoms with Gasteiger partial charge in [-0.25, -0.2) is 0 Å². The number of nitrogens with one attached hydrogen (secondary N) is 1. The van der Waals surface area contributed by atoms with Gasteiger partial charge in [0.1, 0.15) is 10.8 Å². The number of carbonyl (C=O) groups excluding carboxylic acids is 1. The Balaban J connectivity index is 1.43. The lowest BCUT2D eigenvalue weighted by Gasteiger charge is -2.29. The van der Waals surface area contributed by atoms with Gasteiger partial charge in [0.05, 0.1) is 25.8 Å². The summed E-state index contributed by atoms with van der Waals surface area (Å²) in [6, 6.07) is 8.68. The van der Waals surface area contributed by atoms with Crippen molar-refractivity contribution >= 4 is 29.0 Å². The number of benzene rings is 1. The van der Waals surface area contributed by atoms with E-state index < -0.39 is 0 Å². The van der Waals surface area contributed by atoms with E-state index in [0.29, 0.717) is 32.8 Å². The van der Waals surface area contributed by atoms with Crippen molar-refractivity contribution in [1.82, 2.24) is 25.0 Å². The zero-order valence-corrected chi connectivity index (χ0v) is 20.5. The fraction of sp³-hybridized carbons (Fsp3) is 0.458. The molecule has 1 saturated heterocycles. The van der Waals surface area contributed by atoms with Crippen LogP contribution in [-0.2, 0) is 28.9 Å². The smallest absolute Gasteiger partial charge is 0.226 e. The first kappa shape index (κ1) is 21.3. The van der Waals surface area contributed by atoms with E-state index in [1.54, 1.807) is 11.8 Å². The highest BCUT2D eigenvalue weighted by Gasteiger charge is 2.39. The maximum atomic E-state index is 13.3. The van der Waals surface area contributed by atoms with Gasteiger partial charge in [0, 0.05) is 34.3 Å². The maximum Gasteiger partial charge on any atom is 0.226 e. The highest BCUT2D eigenvalue weighted by molar-refractivity contribution is 7.98. The number of aromatic nitrogens is 3. The number of rotatable bonds is 3. The predicted octanol–water partition coefficient (Wildman–Crippen LogP) is 3.13. The number of carbonyl (C=O) groups is 1. The first-order chi connectivity index (χ1) is 16.2. The molecule has 1 fully saturated rings. The van der Waals surface area contributed by atoms with Gasteiger partial charge in [0.25, 0.3) is 0 Å². The van der Waals surface area contributed by atoms with Gasteiger partial charge >= 0.3 is 0 Å². The van der Waals surface area contributed by atoms with Gasteiger partial charge in [-0.3, -0.25) is 14.7 Å². The Labute approximate surface area is 201 Å². The number of hydrogen-bond acceptors (Lipinski definition) is 7. The second-order valence-corrected chi connectivity index (χ2v) is 10.8. The van der Waals surface area contributed by atoms with Crippen molar-refractivity contribution in [2.24, 2.45) is 5.92 Å². The van der Waals surface area contributed by atoms with Crippen LogP contribution in [0.2, 0.25) is 0 Å². The van der Waals surface area contributed by atoms with Crippen LogP contribution in [-0.4, -0.2) is 58.1 Å². The fourth-order valence-electron chi connectivity index (χ4n) is 5.37. The SMILES string of the molecule is CSc1ccccc1[C@@H]1NCc2nnc(C)n2-c2sc3c(c21)C[C@H](C(=O)N1CCOCC1)C3. The summed E-state index contributed by atoms with van der Waals surface area (Å²) in [7, 11) is 0. The molecule has 1 amide bonds. The van der Waals surface area contributed by atoms with E-state index >= 15 is 0 Å². The number of thioether (sulfide) groups is 1. The summed E-state index contributed by atoms with van der Waals surface area (Å²) in [4.78, 5) is 17.9. The molecular formula is C24H27N5O2S2. The molecule has 0 spiro atoms. The molecular weight excluding hydrogens is 454 g/mol. The Bertz CT molecular complexity index is 1210. The van der Waals surface area contributed by atoms with Crippen LogP contribution in [0, 0.1) is 12.8 Å². The van der Waals surface area contributed by atoms with Crippen molar-refractivity contribution in [3.05, 3.63) is 57.5 Å². The van der Waals surface area contributed by atoms with Gasteiger partial charge in [-0.05, 0) is 43.2 Å². The molecule has 172 valence electrons. The lowest BCUT2D eigenvalue weighted by molar-refractivity contribution is -0.139. The quantitative estimate of drug-likeness (QED) is 0.580. The first-order valence-electron chi connectivity index (χ1n) is 11.4. The molecule has 1 aromatic carbocycles. The minimum atomic E-state index is 0.0239. The summed E-state index contributed by atoms with van der Waals surface area (Å²) in [5.41, 5.74) is 3.93. The number of ether oxygens (including phenoxy) is 1. The summed E-state index contributed by atoms with van der Waals surface area (Å²) < 4.78 is 7.67. The molecule has 1 N–H and O–H groups in total. The molecule has 2 aliphatic heterocycles. The highest BCUT2D eigenvalue weighted by atomic mass is 32.2. The maximum absolute atomic E-state index is 13.3. The minimum absolute atomic E-state index is 0.0239. The zero-order valence-electron chi connectivity index (χ0n) is 18.8. The average Bonchev–Trinajstić information content (AvgIpc) is 3.49. The van der Waals surface area contributed by atoms with Gasteiger partial charge < -0.3 is 9.64 Å². The van der Waals surface area contributed by atoms with E-state index in [1.807, 2.05) is 23.2 Å². The Hall–Kier alpha value is -2.20. The largest absolute Gasteiger partial charge is 0.378 e. The third-order valence-corrected chi connectivity index (χ3v) is 9.03. The number of nitrogens with zero attached hydrogens (tertiary/aromatic N) is 4. The van der Waals surface area contributed by atoms with Crippen LogP contribution in [0.25, 0.3) is 5.00 Å². The van der Waals surface area contributed by atoms with Gasteiger partial charge in [-0.15, -0.1) is 33.3 Å². The van der Waals surface area contributed by atoms with E-state index in [-0.39, 0.29) is 17.9 Å². The Morgan fingerprint density at radius 1 is 1.21 bits per heavy atom. The molecule has 2 atom stereocenters. The number of hydrogen-bond donors (Lipinski definition) is 1. The lowest BCUT2D eigenvalue weighted by atomic mass is 9.94. The average molecular weight is 482 g/mol. The van der Waals surface area contributed by atoms with Crippen molar-refractivity contribution in [3.8, 4) is 5.00 Å². The van der Waals surface area contributed by atoms with Gasteiger partial charge in [0.2, 0.25) is 5.91 Å². The third-order valence-electron chi connectivity index (χ3n) is 6.96. The molecule has 9 heteroatoms. The van der Waals surface area contributed by atoms with E-state index in [9.17, 15) is 4.79 Å². The molecule has 0 radical (unpaired) electrons. The van der Waals surface area contributed by atoms with Crippen molar-refractivity contribution in [2.75, 3.05) is 32.6 Å². The molecule has 3 aromatic rings. The van der Waals surface area contributed by atoms with E-state index in [1.165, 1.54) is 31.5 Å². The summed E-state index contributed by atoms with van der Waals surface area (Å²) in [6.07, 6.45) is 3.74. The summed E-state index contributed by atoms with van der Waals surface area (Å²) in [5, 5.41) is 13.8. The van der Waals surface area contributed by atoms with Crippen LogP contribution in [0.1, 0.15) is 39.3 Å². The van der Waals surface area contributed by atoms with Crippen LogP contribution < -0.4 is 5.32 Å². The normalized spacial score (nSPS) is 21.9. The van der Waals surface area contributed by atoms with Gasteiger partial charge in [0.15, 0.2) is 5.82 Å². The summed E-state index contributed by atoms with van der Waals surface area (Å²) in [6.45, 7) is 5.36. The van der Waals surface area contributed by atoms with E-state index in [4.69, 9.17) is 4.74 Å². The monoisotopic (exact) mass is 481 g/mol. The number of amides is 1. The molecule has 33 heavy (non-hydrogen) atoms. The van der Waals surface area contributed by atoms with Crippen LogP contribution >= 0.6 is 23.1 Å². The molecule has 2 aromatic heterocycles. The van der Waals surface area contributed by atoms with Crippen molar-refractivity contribution in [1.29, 1.82) is 0 Å². The summed E-state index contributed by atoms with van der Waals surface area (Å²) >= 11 is 3.60. The van der Waals surface area contributed by atoms with Gasteiger partial charge in [-0.1, -0.05) is 18.2 Å². The van der Waals surface area contributed by atoms with E-state index in [2.05, 4.69) is 50.6 Å². The highest BCUT2D eigenvalue weighted by Crippen LogP contribution is 2.47. The third kappa shape index (κ3) is 3.53. The van der Waals surface area contributed by atoms with Crippen molar-refractivity contribution in [3.63, 3.8) is 0 Å². The molecule has 3 aliphatic rings. The first-order valence-corrected chi connectivity index (χ1v) is 13.5. The Morgan fingerprint density at radius 2 is 2.03 bits per heavy atom. The van der Waals surface area contributed by atoms with E-state index in [0.717, 1.165) is 24.5 Å². The predicted molar refractivity (Wildman–Crippen MR) is 129 cm³/mol. The molecule has 6 rings (SSSR count). The Kier molecular flexibility index (Phi) is 5.52. The molecule has 7 nitrogen and oxygen atoms in total. The second-order valence-electron chi connectivity index (χ2n) is 8.82. The second kappa shape index (κ2) is 8.54. The minimum Gasteiger partial charge on any atom is -0.378 e. The molecule has 1 aliphatic carbocycles. The topological polar surface area (TPSA) is 72.3 Å². The zero-order chi connectivity index (χ0) is 22.5. The van der Waals surface area contributed by atoms with Crippen molar-refractivity contribution in [2.45, 2.75) is 37.2 Å². The van der Waals surface area contributed by atoms with Gasteiger partial charge in [-0.2, -0.15) is 0 Å². The molecule has 4 heterocycles.